The highest BCUT2D eigenvalue weighted by Gasteiger charge is 2.37. The van der Waals surface area contributed by atoms with Crippen molar-refractivity contribution in [3.63, 3.8) is 0 Å². The quantitative estimate of drug-likeness (QED) is 0.226. The Balaban J connectivity index is 0.000000756. The number of carbonyl (C=O) groups excluding carboxylic acids is 2. The average Bonchev–Trinajstić information content (AvgIpc) is 3.14. The summed E-state index contributed by atoms with van der Waals surface area (Å²) in [5, 5.41) is 11.6. The largest absolute Gasteiger partial charge is 0.481 e. The minimum Gasteiger partial charge on any atom is -0.481 e. The zero-order valence-electron chi connectivity index (χ0n) is 26.0. The Morgan fingerprint density at radius 2 is 1.49 bits per heavy atom. The van der Waals surface area contributed by atoms with Gasteiger partial charge >= 0.3 is 18.3 Å². The fraction of sp³-hybridized carbons (Fsp3) is 0.364. The molecule has 1 aliphatic rings. The molecule has 1 aliphatic heterocycles. The Kier molecular flexibility index (Phi) is 14.6. The number of aliphatic imine (C=N–C) groups is 1. The summed E-state index contributed by atoms with van der Waals surface area (Å²) in [4.78, 5) is 48.3. The molecule has 0 saturated heterocycles. The van der Waals surface area contributed by atoms with Gasteiger partial charge in [-0.1, -0.05) is 75.4 Å². The van der Waals surface area contributed by atoms with Crippen molar-refractivity contribution in [3.05, 3.63) is 90.1 Å². The van der Waals surface area contributed by atoms with Gasteiger partial charge in [0.1, 0.15) is 5.82 Å². The zero-order chi connectivity index (χ0) is 35.2. The highest BCUT2D eigenvalue weighted by atomic mass is 19.4. The minimum absolute atomic E-state index is 0.184. The van der Waals surface area contributed by atoms with E-state index in [-0.39, 0.29) is 12.2 Å². The number of halogens is 6. The topological polar surface area (TPSA) is 112 Å². The number of carboxylic acids is 1. The fourth-order valence-electron chi connectivity index (χ4n) is 4.42. The highest BCUT2D eigenvalue weighted by molar-refractivity contribution is 6.21. The molecule has 3 aromatic rings. The molecule has 8 nitrogen and oxygen atoms in total. The van der Waals surface area contributed by atoms with Crippen LogP contribution in [0.25, 0.3) is 0 Å². The number of hydrogen-bond donors (Lipinski definition) is 2. The Labute approximate surface area is 268 Å². The van der Waals surface area contributed by atoms with Crippen LogP contribution in [0.2, 0.25) is 0 Å². The van der Waals surface area contributed by atoms with Crippen LogP contribution in [-0.4, -0.2) is 52.1 Å². The van der Waals surface area contributed by atoms with Crippen LogP contribution in [0.3, 0.4) is 0 Å². The molecule has 254 valence electrons. The van der Waals surface area contributed by atoms with Gasteiger partial charge in [-0.25, -0.2) is 9.98 Å². The number of pyridine rings is 1. The molecule has 4 rings (SSSR count). The number of aromatic nitrogens is 1. The van der Waals surface area contributed by atoms with E-state index in [1.54, 1.807) is 72.8 Å². The van der Waals surface area contributed by atoms with E-state index in [9.17, 15) is 45.8 Å². The zero-order valence-corrected chi connectivity index (χ0v) is 26.0. The molecule has 2 heterocycles. The lowest BCUT2D eigenvalue weighted by Crippen LogP contribution is -2.48. The molecule has 2 amide bonds. The van der Waals surface area contributed by atoms with Gasteiger partial charge in [-0.15, -0.1) is 0 Å². The number of anilines is 2. The van der Waals surface area contributed by atoms with Crippen LogP contribution in [0.4, 0.5) is 37.8 Å². The smallest absolute Gasteiger partial charge is 0.389 e. The molecule has 1 aromatic heterocycles. The summed E-state index contributed by atoms with van der Waals surface area (Å²) < 4.78 is 71.7. The van der Waals surface area contributed by atoms with Gasteiger partial charge in [-0.2, -0.15) is 26.3 Å². The third-order valence-corrected chi connectivity index (χ3v) is 6.42. The number of fused-ring (bicyclic) bond motifs is 1. The molecule has 0 saturated carbocycles. The van der Waals surface area contributed by atoms with E-state index in [0.717, 1.165) is 0 Å². The van der Waals surface area contributed by atoms with Gasteiger partial charge in [0, 0.05) is 36.1 Å². The molecule has 0 bridgehead atoms. The number of benzene rings is 2. The molecule has 2 N–H and O–H groups in total. The van der Waals surface area contributed by atoms with E-state index in [1.807, 2.05) is 13.8 Å². The van der Waals surface area contributed by atoms with Gasteiger partial charge in [-0.05, 0) is 31.0 Å². The molecule has 2 unspecified atom stereocenters. The number of nitrogens with one attached hydrogen (secondary N) is 1. The third-order valence-electron chi connectivity index (χ3n) is 6.42. The van der Waals surface area contributed by atoms with Crippen LogP contribution in [0.15, 0.2) is 84.0 Å². The van der Waals surface area contributed by atoms with Gasteiger partial charge in [0.05, 0.1) is 17.8 Å². The fourth-order valence-corrected chi connectivity index (χ4v) is 4.42. The van der Waals surface area contributed by atoms with E-state index in [0.29, 0.717) is 22.5 Å². The summed E-state index contributed by atoms with van der Waals surface area (Å²) in [6, 6.07) is 20.8. The Morgan fingerprint density at radius 1 is 0.894 bits per heavy atom. The lowest BCUT2D eigenvalue weighted by molar-refractivity contribution is -0.148. The first-order chi connectivity index (χ1) is 22.2. The predicted molar refractivity (Wildman–Crippen MR) is 165 cm³/mol. The molecule has 14 heteroatoms. The Hall–Kier alpha value is -4.75. The number of nitrogens with zero attached hydrogens (tertiary/aromatic N) is 3. The minimum atomic E-state index is -4.58. The van der Waals surface area contributed by atoms with Crippen molar-refractivity contribution >= 4 is 35.0 Å². The summed E-state index contributed by atoms with van der Waals surface area (Å²) >= 11 is 0. The van der Waals surface area contributed by atoms with Crippen LogP contribution in [0, 0.1) is 5.92 Å². The highest BCUT2D eigenvalue weighted by Crippen LogP contribution is 2.33. The normalized spacial score (nSPS) is 15.0. The van der Waals surface area contributed by atoms with E-state index >= 15 is 0 Å². The summed E-state index contributed by atoms with van der Waals surface area (Å²) in [5.41, 5.74) is 2.00. The standard InChI is InChI=1S/C27H23F3N4O4.C4H7F3.C2H6/c28-27(29,30)14-13-18(16-22(35)36)25(37)33-24-26(38)34(21-12-6-7-15-31-21)20-11-5-4-10-19(20)23(32-24)17-8-2-1-3-9-17;1-2-3-4(5,6)7;1-2/h1-12,15,18,24H,13-14,16H2,(H,33,37)(H,35,36);2-3H2,1H3;1-2H3. The number of aliphatic carboxylic acids is 1. The van der Waals surface area contributed by atoms with Crippen LogP contribution in [-0.2, 0) is 14.4 Å². The van der Waals surface area contributed by atoms with Gasteiger partial charge < -0.3 is 10.4 Å². The molecule has 2 atom stereocenters. The molecule has 0 fully saturated rings. The van der Waals surface area contributed by atoms with Crippen LogP contribution in [0.1, 0.15) is 64.0 Å². The van der Waals surface area contributed by atoms with Crippen molar-refractivity contribution in [1.82, 2.24) is 10.3 Å². The number of hydrogen-bond acceptors (Lipinski definition) is 5. The summed E-state index contributed by atoms with van der Waals surface area (Å²) in [5.74, 6) is -4.44. The summed E-state index contributed by atoms with van der Waals surface area (Å²) in [6.07, 6.45) is -12.0. The van der Waals surface area contributed by atoms with Gasteiger partial charge in [0.25, 0.3) is 5.91 Å². The van der Waals surface area contributed by atoms with Crippen molar-refractivity contribution < 1.29 is 45.8 Å². The average molecular weight is 667 g/mol. The third kappa shape index (κ3) is 12.2. The van der Waals surface area contributed by atoms with Crippen LogP contribution in [0.5, 0.6) is 0 Å². The number of carboxylic acid groups (broad SMARTS) is 1. The first-order valence-electron chi connectivity index (χ1n) is 14.8. The van der Waals surface area contributed by atoms with Gasteiger partial charge in [-0.3, -0.25) is 19.3 Å². The van der Waals surface area contributed by atoms with Crippen LogP contribution < -0.4 is 10.2 Å². The second kappa shape index (κ2) is 17.8. The molecule has 0 spiro atoms. The lowest BCUT2D eigenvalue weighted by atomic mass is 9.98. The Bertz CT molecular complexity index is 1480. The van der Waals surface area contributed by atoms with Crippen molar-refractivity contribution in [2.24, 2.45) is 10.9 Å². The number of alkyl halides is 6. The SMILES string of the molecule is CC.CCCC(F)(F)F.O=C(O)CC(CCC(F)(F)F)C(=O)NC1N=C(c2ccccc2)c2ccccc2N(c2ccccn2)C1=O. The maximum atomic E-state index is 13.9. The second-order valence-corrected chi connectivity index (χ2v) is 9.95. The van der Waals surface area contributed by atoms with Crippen molar-refractivity contribution in [2.75, 3.05) is 4.90 Å². The van der Waals surface area contributed by atoms with Crippen LogP contribution >= 0.6 is 0 Å². The van der Waals surface area contributed by atoms with Gasteiger partial charge in [0.2, 0.25) is 12.1 Å². The molecule has 0 aliphatic carbocycles. The lowest BCUT2D eigenvalue weighted by Gasteiger charge is -2.25. The number of para-hydroxylation sites is 1. The predicted octanol–water partition coefficient (Wildman–Crippen LogP) is 7.85. The first-order valence-corrected chi connectivity index (χ1v) is 14.8. The van der Waals surface area contributed by atoms with E-state index in [1.165, 1.54) is 18.0 Å². The van der Waals surface area contributed by atoms with E-state index in [4.69, 9.17) is 0 Å². The number of rotatable bonds is 9. The summed E-state index contributed by atoms with van der Waals surface area (Å²) in [6.45, 7) is 5.51. The summed E-state index contributed by atoms with van der Waals surface area (Å²) in [7, 11) is 0. The van der Waals surface area contributed by atoms with Crippen molar-refractivity contribution in [3.8, 4) is 0 Å². The molecule has 2 aromatic carbocycles. The molecule has 0 radical (unpaired) electrons. The van der Waals surface area contributed by atoms with Crippen molar-refractivity contribution in [1.29, 1.82) is 0 Å². The van der Waals surface area contributed by atoms with E-state index in [2.05, 4.69) is 15.3 Å². The maximum absolute atomic E-state index is 13.9. The molecule has 47 heavy (non-hydrogen) atoms. The first kappa shape index (κ1) is 38.4. The number of amides is 2. The molecular weight excluding hydrogens is 630 g/mol. The second-order valence-electron chi connectivity index (χ2n) is 9.95. The molecular formula is C33H36F6N4O4. The monoisotopic (exact) mass is 666 g/mol. The number of carbonyl (C=O) groups is 3. The van der Waals surface area contributed by atoms with E-state index < -0.39 is 67.9 Å². The van der Waals surface area contributed by atoms with Gasteiger partial charge in [0.15, 0.2) is 0 Å². The maximum Gasteiger partial charge on any atom is 0.389 e. The Morgan fingerprint density at radius 3 is 2.02 bits per heavy atom. The number of benzodiazepines with no additional fused rings is 1. The van der Waals surface area contributed by atoms with Crippen molar-refractivity contribution in [2.45, 2.75) is 71.4 Å².